The molecule has 0 aromatic heterocycles. The monoisotopic (exact) mass is 367 g/mol. The first-order valence-corrected chi connectivity index (χ1v) is 7.94. The molecule has 0 saturated carbocycles. The fraction of sp³-hybridized carbons (Fsp3) is 0.294. The summed E-state index contributed by atoms with van der Waals surface area (Å²) < 4.78 is 4.87. The van der Waals surface area contributed by atoms with Gasteiger partial charge in [-0.25, -0.2) is 10.7 Å². The Morgan fingerprint density at radius 2 is 2.26 bits per heavy atom. The molecule has 1 atom stereocenters. The summed E-state index contributed by atoms with van der Waals surface area (Å²) in [7, 11) is 0. The van der Waals surface area contributed by atoms with Crippen LogP contribution in [0, 0.1) is 23.8 Å². The molecular formula is C17H17N7O3. The molecule has 0 aliphatic carbocycles. The normalized spacial score (nSPS) is 16.8. The number of benzene rings is 1. The maximum Gasteiger partial charge on any atom is 0.371 e. The van der Waals surface area contributed by atoms with Gasteiger partial charge in [0.2, 0.25) is 5.91 Å². The molecule has 10 nitrogen and oxygen atoms in total. The molecule has 0 bridgehead atoms. The molecule has 1 aromatic carbocycles. The molecule has 1 heterocycles. The van der Waals surface area contributed by atoms with Crippen LogP contribution in [-0.2, 0) is 14.3 Å². The minimum atomic E-state index is -0.620. The third kappa shape index (κ3) is 5.11. The van der Waals surface area contributed by atoms with E-state index >= 15 is 0 Å². The topological polar surface area (TPSA) is 138 Å². The molecule has 0 saturated heterocycles. The Hall–Kier alpha value is -3.76. The molecule has 1 aliphatic heterocycles. The van der Waals surface area contributed by atoms with Gasteiger partial charge in [-0.2, -0.15) is 10.1 Å². The minimum Gasteiger partial charge on any atom is -0.441 e. The number of carbonyl (C=O) groups is 2. The van der Waals surface area contributed by atoms with Crippen LogP contribution in [0.1, 0.15) is 18.9 Å². The van der Waals surface area contributed by atoms with Crippen LogP contribution in [0.25, 0.3) is 4.85 Å². The van der Waals surface area contributed by atoms with Crippen LogP contribution < -0.4 is 11.2 Å². The van der Waals surface area contributed by atoms with E-state index in [1.54, 1.807) is 30.3 Å². The molecule has 2 rings (SSSR count). The number of hydrogen-bond donors (Lipinski definition) is 2. The Labute approximate surface area is 155 Å². The summed E-state index contributed by atoms with van der Waals surface area (Å²) in [5.74, 6) is -1.27. The molecule has 1 aromatic rings. The number of nitrogens with zero attached hydrogens (tertiary/aromatic N) is 5. The Bertz CT molecular complexity index is 846. The van der Waals surface area contributed by atoms with E-state index in [1.165, 1.54) is 0 Å². The lowest BCUT2D eigenvalue weighted by Gasteiger charge is -2.27. The quantitative estimate of drug-likeness (QED) is 0.252. The van der Waals surface area contributed by atoms with Crippen molar-refractivity contribution in [2.24, 2.45) is 21.9 Å². The van der Waals surface area contributed by atoms with Gasteiger partial charge in [0, 0.05) is 12.3 Å². The lowest BCUT2D eigenvalue weighted by atomic mass is 9.94. The van der Waals surface area contributed by atoms with Crippen LogP contribution in [0.15, 0.2) is 34.5 Å². The van der Waals surface area contributed by atoms with Crippen molar-refractivity contribution < 1.29 is 14.3 Å². The van der Waals surface area contributed by atoms with Crippen molar-refractivity contribution in [3.05, 3.63) is 41.2 Å². The van der Waals surface area contributed by atoms with Gasteiger partial charge in [0.1, 0.15) is 6.07 Å². The number of esters is 1. The minimum absolute atomic E-state index is 0.108. The van der Waals surface area contributed by atoms with Gasteiger partial charge in [-0.1, -0.05) is 25.6 Å². The molecule has 0 unspecified atom stereocenters. The number of amidine groups is 1. The molecule has 10 heteroatoms. The number of hydrazone groups is 2. The van der Waals surface area contributed by atoms with Gasteiger partial charge in [0.25, 0.3) is 0 Å². The first-order valence-electron chi connectivity index (χ1n) is 7.94. The second kappa shape index (κ2) is 9.08. The third-order valence-corrected chi connectivity index (χ3v) is 3.66. The van der Waals surface area contributed by atoms with E-state index in [9.17, 15) is 9.59 Å². The van der Waals surface area contributed by atoms with Crippen LogP contribution >= 0.6 is 0 Å². The lowest BCUT2D eigenvalue weighted by molar-refractivity contribution is -0.152. The summed E-state index contributed by atoms with van der Waals surface area (Å²) in [5, 5.41) is 17.7. The molecule has 27 heavy (non-hydrogen) atoms. The summed E-state index contributed by atoms with van der Waals surface area (Å²) in [4.78, 5) is 26.2. The second-order valence-corrected chi connectivity index (χ2v) is 5.58. The zero-order chi connectivity index (χ0) is 19.8. The SMILES string of the molecule is [C-]#[N+]/C(C#N)=N/Nc1ccc(C2=NN(COC(=O)CN)C(=O)C[C@H]2C)cc1. The molecular weight excluding hydrogens is 350 g/mol. The first kappa shape index (κ1) is 19.6. The van der Waals surface area contributed by atoms with Crippen molar-refractivity contribution in [2.75, 3.05) is 18.7 Å². The third-order valence-electron chi connectivity index (χ3n) is 3.66. The number of anilines is 1. The fourth-order valence-electron chi connectivity index (χ4n) is 2.29. The van der Waals surface area contributed by atoms with Gasteiger partial charge in [0.05, 0.1) is 17.9 Å². The standard InChI is InChI=1S/C17H17N7O3/c1-11-7-15(25)24(10-27-16(26)9-19)23-17(11)12-3-5-13(6-4-12)21-22-14(8-18)20-2/h3-6,11,21H,7,9-10,19H2,1H3/b22-14+/t11-/m1/s1. The number of nitrogens with two attached hydrogens (primary N) is 1. The molecule has 0 radical (unpaired) electrons. The predicted octanol–water partition coefficient (Wildman–Crippen LogP) is 0.887. The average Bonchev–Trinajstić information content (AvgIpc) is 2.68. The molecule has 0 fully saturated rings. The van der Waals surface area contributed by atoms with Gasteiger partial charge in [-0.05, 0) is 22.8 Å². The summed E-state index contributed by atoms with van der Waals surface area (Å²) in [5.41, 5.74) is 9.84. The van der Waals surface area contributed by atoms with E-state index in [1.807, 2.05) is 6.92 Å². The van der Waals surface area contributed by atoms with Gasteiger partial charge in [-0.3, -0.25) is 9.59 Å². The molecule has 0 spiro atoms. The van der Waals surface area contributed by atoms with E-state index in [-0.39, 0.29) is 37.4 Å². The maximum atomic E-state index is 12.1. The first-order chi connectivity index (χ1) is 13.0. The number of carbonyl (C=O) groups excluding carboxylic acids is 2. The van der Waals surface area contributed by atoms with Crippen molar-refractivity contribution in [1.29, 1.82) is 5.26 Å². The fourth-order valence-corrected chi connectivity index (χ4v) is 2.29. The van der Waals surface area contributed by atoms with Crippen LogP contribution in [0.3, 0.4) is 0 Å². The highest BCUT2D eigenvalue weighted by Gasteiger charge is 2.28. The molecule has 3 N–H and O–H groups in total. The summed E-state index contributed by atoms with van der Waals surface area (Å²) in [6.07, 6.45) is 0.236. The van der Waals surface area contributed by atoms with E-state index in [0.29, 0.717) is 11.4 Å². The second-order valence-electron chi connectivity index (χ2n) is 5.58. The van der Waals surface area contributed by atoms with Crippen molar-refractivity contribution in [1.82, 2.24) is 5.01 Å². The van der Waals surface area contributed by atoms with Gasteiger partial charge in [-0.15, -0.1) is 0 Å². The number of ether oxygens (including phenoxy) is 1. The largest absolute Gasteiger partial charge is 0.441 e. The predicted molar refractivity (Wildman–Crippen MR) is 96.9 cm³/mol. The van der Waals surface area contributed by atoms with E-state index in [2.05, 4.69) is 20.5 Å². The zero-order valence-electron chi connectivity index (χ0n) is 14.5. The Kier molecular flexibility index (Phi) is 6.58. The van der Waals surface area contributed by atoms with Gasteiger partial charge in [0.15, 0.2) is 6.73 Å². The van der Waals surface area contributed by atoms with E-state index < -0.39 is 5.97 Å². The summed E-state index contributed by atoms with van der Waals surface area (Å²) in [6.45, 7) is 8.09. The van der Waals surface area contributed by atoms with Gasteiger partial charge < -0.3 is 15.3 Å². The number of hydrogen-bond acceptors (Lipinski definition) is 8. The van der Waals surface area contributed by atoms with Crippen LogP contribution in [-0.4, -0.2) is 41.7 Å². The van der Waals surface area contributed by atoms with E-state index in [0.717, 1.165) is 10.6 Å². The maximum absolute atomic E-state index is 12.1. The lowest BCUT2D eigenvalue weighted by Crippen LogP contribution is -2.38. The summed E-state index contributed by atoms with van der Waals surface area (Å²) >= 11 is 0. The molecule has 138 valence electrons. The highest BCUT2D eigenvalue weighted by Crippen LogP contribution is 2.22. The van der Waals surface area contributed by atoms with Crippen molar-refractivity contribution in [3.63, 3.8) is 0 Å². The van der Waals surface area contributed by atoms with Crippen LogP contribution in [0.2, 0.25) is 0 Å². The van der Waals surface area contributed by atoms with Gasteiger partial charge >= 0.3 is 11.8 Å². The molecule has 1 aliphatic rings. The summed E-state index contributed by atoms with van der Waals surface area (Å²) in [6, 6.07) is 8.63. The average molecular weight is 367 g/mol. The van der Waals surface area contributed by atoms with Crippen molar-refractivity contribution in [3.8, 4) is 6.07 Å². The Morgan fingerprint density at radius 3 is 2.85 bits per heavy atom. The smallest absolute Gasteiger partial charge is 0.371 e. The van der Waals surface area contributed by atoms with Crippen LogP contribution in [0.4, 0.5) is 5.69 Å². The highest BCUT2D eigenvalue weighted by atomic mass is 16.5. The number of nitrogens with one attached hydrogen (secondary N) is 1. The van der Waals surface area contributed by atoms with Crippen LogP contribution in [0.5, 0.6) is 0 Å². The Balaban J connectivity index is 2.16. The highest BCUT2D eigenvalue weighted by molar-refractivity contribution is 6.06. The number of amides is 1. The number of rotatable bonds is 6. The Morgan fingerprint density at radius 1 is 1.56 bits per heavy atom. The van der Waals surface area contributed by atoms with E-state index in [4.69, 9.17) is 22.3 Å². The molecule has 1 amide bonds. The van der Waals surface area contributed by atoms with Crippen molar-refractivity contribution >= 4 is 29.1 Å². The number of nitriles is 1. The van der Waals surface area contributed by atoms with Crippen molar-refractivity contribution in [2.45, 2.75) is 13.3 Å². The zero-order valence-corrected chi connectivity index (χ0v) is 14.5.